The van der Waals surface area contributed by atoms with E-state index in [0.29, 0.717) is 42.2 Å². The standard InChI is InChI=1S/C38H35F3N4O5/c1-24-4-5-27(25(2)18-24)23-45-34(21-32(38(39,40)41)31(22-42)36(45)46)26-6-8-29(9-7-26)50-30-10-11-33-28(19-30)20-35(37(47)48)44(33)13-3-12-43-14-16-49-17-15-43/h4-11,18-21H,3,12-17,23H2,1-2H3,(H,47,48). The summed E-state index contributed by atoms with van der Waals surface area (Å²) in [5.41, 5.74) is 0.576. The molecular formula is C38H35F3N4O5. The molecule has 0 radical (unpaired) electrons. The number of hydrogen-bond acceptors (Lipinski definition) is 6. The minimum atomic E-state index is -4.91. The van der Waals surface area contributed by atoms with E-state index in [9.17, 15) is 33.1 Å². The first kappa shape index (κ1) is 34.5. The molecule has 1 fully saturated rings. The minimum absolute atomic E-state index is 0.00503. The van der Waals surface area contributed by atoms with Crippen molar-refractivity contribution in [2.75, 3.05) is 32.8 Å². The van der Waals surface area contributed by atoms with Crippen LogP contribution in [-0.2, 0) is 24.0 Å². The summed E-state index contributed by atoms with van der Waals surface area (Å²) in [5.74, 6) is -0.209. The Hall–Kier alpha value is -5.38. The lowest BCUT2D eigenvalue weighted by molar-refractivity contribution is -0.137. The van der Waals surface area contributed by atoms with Gasteiger partial charge in [0.2, 0.25) is 0 Å². The van der Waals surface area contributed by atoms with E-state index in [-0.39, 0.29) is 17.9 Å². The monoisotopic (exact) mass is 684 g/mol. The number of ether oxygens (including phenoxy) is 2. The van der Waals surface area contributed by atoms with Gasteiger partial charge in [-0.05, 0) is 91.6 Å². The maximum atomic E-state index is 14.0. The summed E-state index contributed by atoms with van der Waals surface area (Å²) in [6.45, 7) is 8.21. The second-order valence-corrected chi connectivity index (χ2v) is 12.4. The number of aromatic nitrogens is 2. The fraction of sp³-hybridized carbons (Fsp3) is 0.289. The van der Waals surface area contributed by atoms with E-state index in [0.717, 1.165) is 54.3 Å². The number of carboxylic acids is 1. The van der Waals surface area contributed by atoms with Gasteiger partial charge >= 0.3 is 12.1 Å². The molecule has 3 heterocycles. The molecule has 1 aliphatic heterocycles. The first-order valence-corrected chi connectivity index (χ1v) is 16.2. The summed E-state index contributed by atoms with van der Waals surface area (Å²) in [4.78, 5) is 27.8. The predicted molar refractivity (Wildman–Crippen MR) is 182 cm³/mol. The summed E-state index contributed by atoms with van der Waals surface area (Å²) in [6.07, 6.45) is -4.14. The van der Waals surface area contributed by atoms with Crippen LogP contribution < -0.4 is 10.3 Å². The van der Waals surface area contributed by atoms with Gasteiger partial charge in [0.15, 0.2) is 0 Å². The number of alkyl halides is 3. The van der Waals surface area contributed by atoms with E-state index < -0.39 is 28.8 Å². The van der Waals surface area contributed by atoms with Crippen molar-refractivity contribution < 1.29 is 32.5 Å². The van der Waals surface area contributed by atoms with Crippen LogP contribution in [-0.4, -0.2) is 58.0 Å². The number of benzene rings is 3. The summed E-state index contributed by atoms with van der Waals surface area (Å²) in [6, 6.07) is 21.1. The van der Waals surface area contributed by atoms with Crippen molar-refractivity contribution in [1.82, 2.24) is 14.0 Å². The van der Waals surface area contributed by atoms with E-state index >= 15 is 0 Å². The normalized spacial score (nSPS) is 13.8. The Morgan fingerprint density at radius 1 is 0.940 bits per heavy atom. The molecule has 1 N–H and O–H groups in total. The Kier molecular flexibility index (Phi) is 9.81. The van der Waals surface area contributed by atoms with Gasteiger partial charge in [0.1, 0.15) is 28.8 Å². The number of morpholine rings is 1. The average Bonchev–Trinajstić information content (AvgIpc) is 3.45. The van der Waals surface area contributed by atoms with Crippen LogP contribution >= 0.6 is 0 Å². The minimum Gasteiger partial charge on any atom is -0.477 e. The molecule has 0 unspecified atom stereocenters. The molecule has 0 aliphatic carbocycles. The number of nitriles is 1. The third kappa shape index (κ3) is 7.29. The zero-order valence-corrected chi connectivity index (χ0v) is 27.6. The van der Waals surface area contributed by atoms with Crippen LogP contribution in [0.25, 0.3) is 22.2 Å². The lowest BCUT2D eigenvalue weighted by Gasteiger charge is -2.26. The highest BCUT2D eigenvalue weighted by molar-refractivity contribution is 5.95. The molecule has 0 saturated carbocycles. The highest BCUT2D eigenvalue weighted by atomic mass is 19.4. The van der Waals surface area contributed by atoms with Crippen molar-refractivity contribution in [2.45, 2.75) is 39.5 Å². The molecular weight excluding hydrogens is 649 g/mol. The van der Waals surface area contributed by atoms with Crippen molar-refractivity contribution in [1.29, 1.82) is 5.26 Å². The van der Waals surface area contributed by atoms with Crippen LogP contribution in [0.1, 0.15) is 44.7 Å². The van der Waals surface area contributed by atoms with Crippen LogP contribution in [0.2, 0.25) is 0 Å². The summed E-state index contributed by atoms with van der Waals surface area (Å²) >= 11 is 0. The van der Waals surface area contributed by atoms with E-state index in [4.69, 9.17) is 9.47 Å². The van der Waals surface area contributed by atoms with Gasteiger partial charge in [0.05, 0.1) is 31.0 Å². The van der Waals surface area contributed by atoms with E-state index in [1.165, 1.54) is 10.6 Å². The lowest BCUT2D eigenvalue weighted by atomic mass is 10.0. The first-order chi connectivity index (χ1) is 23.9. The lowest BCUT2D eigenvalue weighted by Crippen LogP contribution is -2.37. The van der Waals surface area contributed by atoms with Crippen molar-refractivity contribution in [2.24, 2.45) is 0 Å². The topological polar surface area (TPSA) is 110 Å². The number of carbonyl (C=O) groups is 1. The molecule has 1 aliphatic rings. The van der Waals surface area contributed by atoms with Gasteiger partial charge in [-0.1, -0.05) is 23.8 Å². The Morgan fingerprint density at radius 3 is 2.32 bits per heavy atom. The number of hydrogen-bond donors (Lipinski definition) is 1. The van der Waals surface area contributed by atoms with Crippen molar-refractivity contribution in [3.63, 3.8) is 0 Å². The van der Waals surface area contributed by atoms with Gasteiger partial charge in [0.25, 0.3) is 5.56 Å². The molecule has 0 bridgehead atoms. The highest BCUT2D eigenvalue weighted by Gasteiger charge is 2.36. The van der Waals surface area contributed by atoms with E-state index in [1.54, 1.807) is 53.1 Å². The van der Waals surface area contributed by atoms with Crippen molar-refractivity contribution in [3.8, 4) is 28.8 Å². The van der Waals surface area contributed by atoms with Crippen LogP contribution in [0.3, 0.4) is 0 Å². The molecule has 6 rings (SSSR count). The quantitative estimate of drug-likeness (QED) is 0.165. The number of fused-ring (bicyclic) bond motifs is 1. The van der Waals surface area contributed by atoms with Gasteiger partial charge in [0, 0.05) is 37.1 Å². The average molecular weight is 685 g/mol. The molecule has 1 saturated heterocycles. The summed E-state index contributed by atoms with van der Waals surface area (Å²) < 4.78 is 56.6. The Labute approximate surface area is 286 Å². The van der Waals surface area contributed by atoms with Gasteiger partial charge in [-0.2, -0.15) is 18.4 Å². The summed E-state index contributed by atoms with van der Waals surface area (Å²) in [7, 11) is 0. The molecule has 9 nitrogen and oxygen atoms in total. The Morgan fingerprint density at radius 2 is 1.66 bits per heavy atom. The smallest absolute Gasteiger partial charge is 0.417 e. The van der Waals surface area contributed by atoms with Crippen LogP contribution in [0.4, 0.5) is 13.2 Å². The number of halogens is 3. The zero-order valence-electron chi connectivity index (χ0n) is 27.6. The largest absolute Gasteiger partial charge is 0.477 e. The second kappa shape index (κ2) is 14.2. The van der Waals surface area contributed by atoms with Crippen molar-refractivity contribution >= 4 is 16.9 Å². The maximum Gasteiger partial charge on any atom is 0.417 e. The highest BCUT2D eigenvalue weighted by Crippen LogP contribution is 2.35. The van der Waals surface area contributed by atoms with E-state index in [2.05, 4.69) is 4.90 Å². The fourth-order valence-corrected chi connectivity index (χ4v) is 6.41. The number of aryl methyl sites for hydroxylation is 3. The Bertz CT molecular complexity index is 2160. The molecule has 3 aromatic carbocycles. The number of nitrogens with zero attached hydrogens (tertiary/aromatic N) is 4. The first-order valence-electron chi connectivity index (χ1n) is 16.2. The zero-order chi connectivity index (χ0) is 35.6. The van der Waals surface area contributed by atoms with Crippen LogP contribution in [0.15, 0.2) is 77.6 Å². The third-order valence-corrected chi connectivity index (χ3v) is 8.98. The molecule has 2 aromatic heterocycles. The van der Waals surface area contributed by atoms with Gasteiger partial charge in [-0.15, -0.1) is 0 Å². The molecule has 5 aromatic rings. The number of rotatable bonds is 10. The predicted octanol–water partition coefficient (Wildman–Crippen LogP) is 7.24. The Balaban J connectivity index is 1.28. The molecule has 0 amide bonds. The number of pyridine rings is 1. The number of carboxylic acid groups (broad SMARTS) is 1. The van der Waals surface area contributed by atoms with E-state index in [1.807, 2.05) is 32.0 Å². The molecule has 50 heavy (non-hydrogen) atoms. The molecule has 258 valence electrons. The van der Waals surface area contributed by atoms with Crippen LogP contribution in [0.5, 0.6) is 11.5 Å². The SMILES string of the molecule is Cc1ccc(Cn2c(-c3ccc(Oc4ccc5c(c4)cc(C(=O)O)n5CCCN4CCOCC4)cc3)cc(C(F)(F)F)c(C#N)c2=O)c(C)c1. The number of aromatic carboxylic acids is 1. The van der Waals surface area contributed by atoms with Gasteiger partial charge in [-0.3, -0.25) is 9.69 Å². The second-order valence-electron chi connectivity index (χ2n) is 12.4. The van der Waals surface area contributed by atoms with Crippen molar-refractivity contribution in [3.05, 3.63) is 117 Å². The third-order valence-electron chi connectivity index (χ3n) is 8.98. The fourth-order valence-electron chi connectivity index (χ4n) is 6.41. The maximum absolute atomic E-state index is 14.0. The summed E-state index contributed by atoms with van der Waals surface area (Å²) in [5, 5.41) is 20.1. The molecule has 12 heteroatoms. The van der Waals surface area contributed by atoms with Crippen LogP contribution in [0, 0.1) is 25.2 Å². The van der Waals surface area contributed by atoms with Gasteiger partial charge < -0.3 is 23.7 Å². The molecule has 0 atom stereocenters. The van der Waals surface area contributed by atoms with Gasteiger partial charge in [-0.25, -0.2) is 4.79 Å². The molecule has 0 spiro atoms.